The Morgan fingerprint density at radius 1 is 1.14 bits per heavy atom. The Labute approximate surface area is 178 Å². The molecule has 2 atom stereocenters. The summed E-state index contributed by atoms with van der Waals surface area (Å²) in [6.07, 6.45) is 8.62. The van der Waals surface area contributed by atoms with Crippen molar-refractivity contribution in [2.75, 3.05) is 19.6 Å². The molecule has 7 heteroatoms. The number of benzene rings is 1. The Morgan fingerprint density at radius 3 is 2.48 bits per heavy atom. The van der Waals surface area contributed by atoms with Crippen molar-refractivity contribution in [3.8, 4) is 0 Å². The molecule has 6 rings (SSSR count). The third kappa shape index (κ3) is 3.61. The van der Waals surface area contributed by atoms with E-state index in [2.05, 4.69) is 5.32 Å². The fraction of sp³-hybridized carbons (Fsp3) is 0.682. The van der Waals surface area contributed by atoms with Crippen molar-refractivity contribution < 1.29 is 13.2 Å². The van der Waals surface area contributed by atoms with Gasteiger partial charge in [-0.15, -0.1) is 11.6 Å². The quantitative estimate of drug-likeness (QED) is 0.714. The van der Waals surface area contributed by atoms with Crippen LogP contribution in [0.4, 0.5) is 0 Å². The van der Waals surface area contributed by atoms with Crippen LogP contribution in [0.15, 0.2) is 29.2 Å². The van der Waals surface area contributed by atoms with Gasteiger partial charge < -0.3 is 5.32 Å². The average Bonchev–Trinajstić information content (AvgIpc) is 3.20. The highest BCUT2D eigenvalue weighted by atomic mass is 35.5. The summed E-state index contributed by atoms with van der Waals surface area (Å²) in [6.45, 7) is 1.75. The Bertz CT molecular complexity index is 912. The summed E-state index contributed by atoms with van der Waals surface area (Å²) >= 11 is 6.90. The lowest BCUT2D eigenvalue weighted by Crippen LogP contribution is -2.56. The zero-order chi connectivity index (χ0) is 20.3. The van der Waals surface area contributed by atoms with E-state index in [1.54, 1.807) is 18.2 Å². The zero-order valence-electron chi connectivity index (χ0n) is 16.7. The largest absolute Gasteiger partial charge is 0.351 e. The molecule has 4 bridgehead atoms. The van der Waals surface area contributed by atoms with Gasteiger partial charge in [-0.25, -0.2) is 8.42 Å². The summed E-state index contributed by atoms with van der Waals surface area (Å²) < 4.78 is 27.1. The van der Waals surface area contributed by atoms with Crippen LogP contribution >= 0.6 is 11.6 Å². The zero-order valence-corrected chi connectivity index (χ0v) is 18.3. The summed E-state index contributed by atoms with van der Waals surface area (Å²) in [4.78, 5) is 13.0. The number of alkyl halides is 1. The maximum atomic E-state index is 12.9. The van der Waals surface area contributed by atoms with Crippen LogP contribution in [-0.2, 0) is 10.0 Å². The topological polar surface area (TPSA) is 66.5 Å². The summed E-state index contributed by atoms with van der Waals surface area (Å²) in [5.74, 6) is 1.20. The smallest absolute Gasteiger partial charge is 0.251 e. The Balaban J connectivity index is 1.30. The third-order valence-corrected chi connectivity index (χ3v) is 9.87. The SMILES string of the molecule is O=C(NCC12CC3CC(CC(Cl)(C3)C1)C2)c1cccc(S(=O)(=O)N2CCCC2)c1. The van der Waals surface area contributed by atoms with E-state index in [-0.39, 0.29) is 21.1 Å². The number of carbonyl (C=O) groups is 1. The van der Waals surface area contributed by atoms with Gasteiger partial charge >= 0.3 is 0 Å². The normalized spacial score (nSPS) is 36.4. The lowest BCUT2D eigenvalue weighted by atomic mass is 9.49. The van der Waals surface area contributed by atoms with Crippen molar-refractivity contribution in [3.05, 3.63) is 29.8 Å². The van der Waals surface area contributed by atoms with Crippen molar-refractivity contribution in [2.45, 2.75) is 61.1 Å². The van der Waals surface area contributed by atoms with Crippen LogP contribution in [0.1, 0.15) is 61.7 Å². The van der Waals surface area contributed by atoms with Gasteiger partial charge in [0.2, 0.25) is 10.0 Å². The first-order valence-corrected chi connectivity index (χ1v) is 12.7. The molecule has 4 aliphatic carbocycles. The predicted molar refractivity (Wildman–Crippen MR) is 112 cm³/mol. The standard InChI is InChI=1S/C22H29ClN2O3S/c23-22-12-16-8-17(13-22)11-21(10-16,14-22)15-24-20(26)18-4-3-5-19(9-18)29(27,28)25-6-1-2-7-25/h3-5,9,16-17H,1-2,6-8,10-15H2,(H,24,26). The van der Waals surface area contributed by atoms with Crippen LogP contribution in [0.2, 0.25) is 0 Å². The van der Waals surface area contributed by atoms with E-state index in [1.807, 2.05) is 0 Å². The molecule has 0 radical (unpaired) electrons. The van der Waals surface area contributed by atoms with Gasteiger partial charge in [0.15, 0.2) is 0 Å². The lowest BCUT2D eigenvalue weighted by molar-refractivity contribution is -0.0379. The molecule has 1 aromatic rings. The van der Waals surface area contributed by atoms with Gasteiger partial charge in [-0.3, -0.25) is 4.79 Å². The molecule has 158 valence electrons. The maximum absolute atomic E-state index is 12.9. The monoisotopic (exact) mass is 436 g/mol. The van der Waals surface area contributed by atoms with Crippen LogP contribution in [0.25, 0.3) is 0 Å². The highest BCUT2D eigenvalue weighted by Gasteiger charge is 2.56. The van der Waals surface area contributed by atoms with Crippen molar-refractivity contribution in [2.24, 2.45) is 17.3 Å². The number of amides is 1. The highest BCUT2D eigenvalue weighted by Crippen LogP contribution is 2.63. The number of hydrogen-bond acceptors (Lipinski definition) is 3. The molecule has 29 heavy (non-hydrogen) atoms. The van der Waals surface area contributed by atoms with Crippen LogP contribution < -0.4 is 5.32 Å². The molecular weight excluding hydrogens is 408 g/mol. The van der Waals surface area contributed by atoms with Gasteiger partial charge in [0, 0.05) is 30.1 Å². The number of nitrogens with zero attached hydrogens (tertiary/aromatic N) is 1. The molecule has 1 aliphatic heterocycles. The van der Waals surface area contributed by atoms with Gasteiger partial charge in [0.1, 0.15) is 0 Å². The Morgan fingerprint density at radius 2 is 1.83 bits per heavy atom. The first kappa shape index (κ1) is 19.8. The lowest BCUT2D eigenvalue weighted by Gasteiger charge is -2.60. The molecule has 1 heterocycles. The minimum atomic E-state index is -3.52. The second-order valence-electron chi connectivity index (χ2n) is 9.93. The molecule has 5 nitrogen and oxygen atoms in total. The number of sulfonamides is 1. The summed E-state index contributed by atoms with van der Waals surface area (Å²) in [5, 5.41) is 3.12. The van der Waals surface area contributed by atoms with Crippen LogP contribution in [0.3, 0.4) is 0 Å². The van der Waals surface area contributed by atoms with Crippen molar-refractivity contribution in [1.82, 2.24) is 9.62 Å². The minimum Gasteiger partial charge on any atom is -0.351 e. The molecule has 1 amide bonds. The minimum absolute atomic E-state index is 0.0709. The van der Waals surface area contributed by atoms with E-state index in [4.69, 9.17) is 11.6 Å². The van der Waals surface area contributed by atoms with E-state index in [1.165, 1.54) is 16.8 Å². The second-order valence-corrected chi connectivity index (χ2v) is 12.7. The third-order valence-electron chi connectivity index (χ3n) is 7.53. The van der Waals surface area contributed by atoms with E-state index >= 15 is 0 Å². The number of halogens is 1. The Hall–Kier alpha value is -1.11. The molecule has 1 saturated heterocycles. The van der Waals surface area contributed by atoms with Crippen molar-refractivity contribution >= 4 is 27.5 Å². The molecule has 0 spiro atoms. The first-order chi connectivity index (χ1) is 13.8. The van der Waals surface area contributed by atoms with Crippen LogP contribution in [-0.4, -0.2) is 43.1 Å². The van der Waals surface area contributed by atoms with Crippen LogP contribution in [0, 0.1) is 17.3 Å². The highest BCUT2D eigenvalue weighted by molar-refractivity contribution is 7.89. The van der Waals surface area contributed by atoms with Gasteiger partial charge in [-0.05, 0) is 86.8 Å². The molecule has 1 aromatic carbocycles. The summed E-state index contributed by atoms with van der Waals surface area (Å²) in [7, 11) is -3.52. The van der Waals surface area contributed by atoms with Gasteiger partial charge in [0.25, 0.3) is 5.91 Å². The molecule has 0 aromatic heterocycles. The number of rotatable bonds is 5. The van der Waals surface area contributed by atoms with E-state index < -0.39 is 10.0 Å². The summed E-state index contributed by atoms with van der Waals surface area (Å²) in [6, 6.07) is 6.46. The number of hydrogen-bond donors (Lipinski definition) is 1. The number of nitrogens with one attached hydrogen (secondary N) is 1. The molecular formula is C22H29ClN2O3S. The van der Waals surface area contributed by atoms with E-state index in [0.29, 0.717) is 37.0 Å². The second kappa shape index (κ2) is 6.96. The van der Waals surface area contributed by atoms with Gasteiger partial charge in [0.05, 0.1) is 4.90 Å². The first-order valence-electron chi connectivity index (χ1n) is 10.8. The average molecular weight is 437 g/mol. The van der Waals surface area contributed by atoms with Crippen molar-refractivity contribution in [1.29, 1.82) is 0 Å². The molecule has 4 saturated carbocycles. The van der Waals surface area contributed by atoms with E-state index in [9.17, 15) is 13.2 Å². The molecule has 5 aliphatic rings. The summed E-state index contributed by atoms with van der Waals surface area (Å²) in [5.41, 5.74) is 0.524. The fourth-order valence-corrected chi connectivity index (χ4v) is 9.07. The number of carbonyl (C=O) groups excluding carboxylic acids is 1. The maximum Gasteiger partial charge on any atom is 0.251 e. The van der Waals surface area contributed by atoms with Gasteiger partial charge in [-0.1, -0.05) is 6.07 Å². The van der Waals surface area contributed by atoms with Crippen LogP contribution in [0.5, 0.6) is 0 Å². The van der Waals surface area contributed by atoms with Gasteiger partial charge in [-0.2, -0.15) is 4.31 Å². The molecule has 5 fully saturated rings. The molecule has 1 N–H and O–H groups in total. The van der Waals surface area contributed by atoms with Crippen molar-refractivity contribution in [3.63, 3.8) is 0 Å². The molecule has 2 unspecified atom stereocenters. The van der Waals surface area contributed by atoms with E-state index in [0.717, 1.165) is 44.9 Å². The fourth-order valence-electron chi connectivity index (χ4n) is 6.79. The Kier molecular flexibility index (Phi) is 4.76. The predicted octanol–water partition coefficient (Wildman–Crippen LogP) is 3.78.